The van der Waals surface area contributed by atoms with Gasteiger partial charge in [-0.3, -0.25) is 15.0 Å². The van der Waals surface area contributed by atoms with Gasteiger partial charge in [0, 0.05) is 16.8 Å². The molecule has 2 heterocycles. The lowest BCUT2D eigenvalue weighted by molar-refractivity contribution is 0.102. The fraction of sp³-hybridized carbons (Fsp3) is 0.136. The molecule has 0 saturated carbocycles. The van der Waals surface area contributed by atoms with Crippen molar-refractivity contribution < 1.29 is 9.53 Å². The Labute approximate surface area is 168 Å². The van der Waals surface area contributed by atoms with E-state index in [4.69, 9.17) is 4.74 Å². The molecule has 4 aromatic rings. The van der Waals surface area contributed by atoms with Crippen LogP contribution in [0.5, 0.6) is 5.75 Å². The summed E-state index contributed by atoms with van der Waals surface area (Å²) in [6.07, 6.45) is 0. The Bertz CT molecular complexity index is 1160. The molecule has 4 rings (SSSR count). The van der Waals surface area contributed by atoms with Crippen LogP contribution in [0.4, 0.5) is 5.69 Å². The molecule has 0 fully saturated rings. The van der Waals surface area contributed by atoms with Crippen molar-refractivity contribution in [3.05, 3.63) is 71.5 Å². The summed E-state index contributed by atoms with van der Waals surface area (Å²) in [7, 11) is 1.62. The van der Waals surface area contributed by atoms with Gasteiger partial charge >= 0.3 is 0 Å². The Morgan fingerprint density at radius 2 is 1.69 bits per heavy atom. The number of benzene rings is 2. The van der Waals surface area contributed by atoms with Crippen molar-refractivity contribution in [2.24, 2.45) is 0 Å². The fourth-order valence-electron chi connectivity index (χ4n) is 3.07. The highest BCUT2D eigenvalue weighted by atomic mass is 16.5. The molecule has 3 N–H and O–H groups in total. The summed E-state index contributed by atoms with van der Waals surface area (Å²) >= 11 is 0. The van der Waals surface area contributed by atoms with Crippen molar-refractivity contribution in [2.75, 3.05) is 12.4 Å². The molecule has 0 aliphatic rings. The molecule has 2 aromatic carbocycles. The first-order valence-electron chi connectivity index (χ1n) is 9.18. The second kappa shape index (κ2) is 7.63. The number of carbonyl (C=O) groups excluding carboxylic acids is 1. The molecule has 1 amide bonds. The van der Waals surface area contributed by atoms with E-state index in [1.807, 2.05) is 62.4 Å². The molecule has 0 aliphatic carbocycles. The van der Waals surface area contributed by atoms with Gasteiger partial charge in [0.05, 0.1) is 24.2 Å². The minimum absolute atomic E-state index is 0.269. The van der Waals surface area contributed by atoms with Crippen LogP contribution in [0, 0.1) is 13.8 Å². The highest BCUT2D eigenvalue weighted by Crippen LogP contribution is 2.29. The topological polar surface area (TPSA) is 95.7 Å². The predicted octanol–water partition coefficient (Wildman–Crippen LogP) is 4.34. The number of aromatic nitrogens is 4. The summed E-state index contributed by atoms with van der Waals surface area (Å²) in [5.74, 6) is 0.498. The summed E-state index contributed by atoms with van der Waals surface area (Å²) in [5, 5.41) is 17.3. The lowest BCUT2D eigenvalue weighted by Crippen LogP contribution is -2.13. The van der Waals surface area contributed by atoms with Gasteiger partial charge in [-0.1, -0.05) is 11.6 Å². The minimum atomic E-state index is -0.269. The number of ether oxygens (including phenoxy) is 1. The lowest BCUT2D eigenvalue weighted by Gasteiger charge is -2.10. The van der Waals surface area contributed by atoms with E-state index >= 15 is 0 Å². The Balaban J connectivity index is 1.58. The Morgan fingerprint density at radius 3 is 2.38 bits per heavy atom. The largest absolute Gasteiger partial charge is 0.497 e. The summed E-state index contributed by atoms with van der Waals surface area (Å²) in [5.41, 5.74) is 6.32. The third-order valence-corrected chi connectivity index (χ3v) is 4.61. The molecule has 0 aliphatic heterocycles. The average Bonchev–Trinajstić information content (AvgIpc) is 3.39. The summed E-state index contributed by atoms with van der Waals surface area (Å²) in [6, 6.07) is 17.0. The van der Waals surface area contributed by atoms with Crippen LogP contribution in [-0.4, -0.2) is 33.4 Å². The molecular formula is C22H21N5O2. The number of hydrogen-bond acceptors (Lipinski definition) is 4. The summed E-state index contributed by atoms with van der Waals surface area (Å²) in [6.45, 7) is 3.94. The standard InChI is InChI=1S/C22H21N5O2/c1-13-4-9-18(17(10-13)20-11-14(2)24-26-20)23-22(28)21-12-19(25-27-21)15-5-7-16(29-3)8-6-15/h4-12H,1-3H3,(H,23,28)(H,24,26)(H,25,27). The van der Waals surface area contributed by atoms with Crippen LogP contribution in [0.15, 0.2) is 54.6 Å². The first-order valence-corrected chi connectivity index (χ1v) is 9.18. The van der Waals surface area contributed by atoms with Crippen molar-refractivity contribution in [3.63, 3.8) is 0 Å². The molecule has 0 atom stereocenters. The predicted molar refractivity (Wildman–Crippen MR) is 112 cm³/mol. The molecule has 0 saturated heterocycles. The molecule has 2 aromatic heterocycles. The molecule has 146 valence electrons. The number of carbonyl (C=O) groups is 1. The van der Waals surface area contributed by atoms with Crippen molar-refractivity contribution in [1.29, 1.82) is 0 Å². The van der Waals surface area contributed by atoms with Crippen LogP contribution in [0.3, 0.4) is 0 Å². The van der Waals surface area contributed by atoms with E-state index in [1.165, 1.54) is 0 Å². The molecule has 7 heteroatoms. The van der Waals surface area contributed by atoms with E-state index in [0.717, 1.165) is 33.8 Å². The van der Waals surface area contributed by atoms with E-state index < -0.39 is 0 Å². The highest BCUT2D eigenvalue weighted by Gasteiger charge is 2.15. The number of H-pyrrole nitrogens is 2. The van der Waals surface area contributed by atoms with Crippen molar-refractivity contribution >= 4 is 11.6 Å². The number of rotatable bonds is 5. The molecule has 7 nitrogen and oxygen atoms in total. The van der Waals surface area contributed by atoms with Gasteiger partial charge < -0.3 is 10.1 Å². The Morgan fingerprint density at radius 1 is 0.931 bits per heavy atom. The van der Waals surface area contributed by atoms with E-state index in [0.29, 0.717) is 17.1 Å². The van der Waals surface area contributed by atoms with Crippen LogP contribution >= 0.6 is 0 Å². The van der Waals surface area contributed by atoms with Crippen LogP contribution in [0.2, 0.25) is 0 Å². The fourth-order valence-corrected chi connectivity index (χ4v) is 3.07. The van der Waals surface area contributed by atoms with Gasteiger partial charge in [0.2, 0.25) is 0 Å². The second-order valence-corrected chi connectivity index (χ2v) is 6.83. The van der Waals surface area contributed by atoms with Gasteiger partial charge in [0.1, 0.15) is 11.4 Å². The zero-order valence-corrected chi connectivity index (χ0v) is 16.4. The maximum atomic E-state index is 12.8. The Hall–Kier alpha value is -3.87. The van der Waals surface area contributed by atoms with Gasteiger partial charge in [-0.05, 0) is 62.4 Å². The van der Waals surface area contributed by atoms with Crippen LogP contribution in [0.25, 0.3) is 22.5 Å². The van der Waals surface area contributed by atoms with E-state index in [1.54, 1.807) is 13.2 Å². The summed E-state index contributed by atoms with van der Waals surface area (Å²) in [4.78, 5) is 12.8. The lowest BCUT2D eigenvalue weighted by atomic mass is 10.1. The average molecular weight is 387 g/mol. The second-order valence-electron chi connectivity index (χ2n) is 6.83. The first-order chi connectivity index (χ1) is 14.0. The minimum Gasteiger partial charge on any atom is -0.497 e. The monoisotopic (exact) mass is 387 g/mol. The van der Waals surface area contributed by atoms with E-state index in [-0.39, 0.29) is 5.91 Å². The van der Waals surface area contributed by atoms with Gasteiger partial charge in [0.25, 0.3) is 5.91 Å². The zero-order valence-electron chi connectivity index (χ0n) is 16.4. The maximum absolute atomic E-state index is 12.8. The van der Waals surface area contributed by atoms with Crippen molar-refractivity contribution in [3.8, 4) is 28.3 Å². The van der Waals surface area contributed by atoms with Gasteiger partial charge in [-0.2, -0.15) is 10.2 Å². The number of methoxy groups -OCH3 is 1. The number of aromatic amines is 2. The first kappa shape index (κ1) is 18.5. The smallest absolute Gasteiger partial charge is 0.273 e. The molecule has 29 heavy (non-hydrogen) atoms. The van der Waals surface area contributed by atoms with E-state index in [2.05, 4.69) is 25.7 Å². The summed E-state index contributed by atoms with van der Waals surface area (Å²) < 4.78 is 5.17. The molecule has 0 radical (unpaired) electrons. The van der Waals surface area contributed by atoms with Gasteiger partial charge in [-0.25, -0.2) is 0 Å². The van der Waals surface area contributed by atoms with Crippen LogP contribution < -0.4 is 10.1 Å². The SMILES string of the molecule is COc1ccc(-c2cc(C(=O)Nc3ccc(C)cc3-c3cc(C)[nH]n3)[nH]n2)cc1. The van der Waals surface area contributed by atoms with Crippen LogP contribution in [0.1, 0.15) is 21.7 Å². The third kappa shape index (κ3) is 3.89. The number of aryl methyl sites for hydroxylation is 2. The molecule has 0 spiro atoms. The number of amides is 1. The molecular weight excluding hydrogens is 366 g/mol. The number of nitrogens with zero attached hydrogens (tertiary/aromatic N) is 2. The zero-order chi connectivity index (χ0) is 20.4. The molecule has 0 bridgehead atoms. The number of hydrogen-bond donors (Lipinski definition) is 3. The van der Waals surface area contributed by atoms with Crippen molar-refractivity contribution in [2.45, 2.75) is 13.8 Å². The third-order valence-electron chi connectivity index (χ3n) is 4.61. The van der Waals surface area contributed by atoms with Gasteiger partial charge in [0.15, 0.2) is 0 Å². The quantitative estimate of drug-likeness (QED) is 0.474. The van der Waals surface area contributed by atoms with Crippen LogP contribution in [-0.2, 0) is 0 Å². The number of nitrogens with one attached hydrogen (secondary N) is 3. The highest BCUT2D eigenvalue weighted by molar-refractivity contribution is 6.05. The van der Waals surface area contributed by atoms with E-state index in [9.17, 15) is 4.79 Å². The Kier molecular flexibility index (Phi) is 4.87. The maximum Gasteiger partial charge on any atom is 0.273 e. The van der Waals surface area contributed by atoms with Gasteiger partial charge in [-0.15, -0.1) is 0 Å². The van der Waals surface area contributed by atoms with Crippen molar-refractivity contribution in [1.82, 2.24) is 20.4 Å². The normalized spacial score (nSPS) is 10.7. The number of anilines is 1. The molecule has 0 unspecified atom stereocenters.